The molecule has 236 valence electrons. The monoisotopic (exact) mass is 660 g/mol. The number of hydrogen-bond acceptors (Lipinski definition) is 1. The van der Waals surface area contributed by atoms with Crippen LogP contribution in [0.2, 0.25) is 0 Å². The maximum atomic E-state index is 7.19. The molecule has 1 atom stereocenters. The maximum absolute atomic E-state index is 7.19. The minimum absolute atomic E-state index is 0.799. The first-order chi connectivity index (χ1) is 25.8. The summed E-state index contributed by atoms with van der Waals surface area (Å²) in [5.74, 6) is 2.97. The van der Waals surface area contributed by atoms with E-state index >= 15 is 0 Å². The van der Waals surface area contributed by atoms with Gasteiger partial charge in [-0.1, -0.05) is 72.8 Å². The van der Waals surface area contributed by atoms with Crippen LogP contribution in [0.25, 0.3) is 99.8 Å². The zero-order valence-corrected chi connectivity index (χ0v) is 27.6. The molecule has 1 spiro atoms. The average molecular weight is 661 g/mol. The van der Waals surface area contributed by atoms with Gasteiger partial charge in [-0.3, -0.25) is 0 Å². The van der Waals surface area contributed by atoms with Crippen molar-refractivity contribution in [1.29, 1.82) is 0 Å². The van der Waals surface area contributed by atoms with E-state index in [0.717, 1.165) is 11.5 Å². The Labute approximate surface area is 296 Å². The second kappa shape index (κ2) is 7.83. The molecule has 0 bridgehead atoms. The number of hydrogen-bond donors (Lipinski definition) is 0. The molecule has 5 heteroatoms. The zero-order chi connectivity index (χ0) is 33.2. The maximum Gasteiger partial charge on any atom is 0.321 e. The van der Waals surface area contributed by atoms with Gasteiger partial charge in [-0.2, -0.15) is 18.3 Å². The number of fused-ring (bicyclic) bond motifs is 8. The van der Waals surface area contributed by atoms with Crippen LogP contribution in [0.15, 0.2) is 146 Å². The molecule has 0 saturated heterocycles. The molecule has 10 aromatic rings. The highest BCUT2D eigenvalue weighted by atomic mass is 16.5. The second-order valence-corrected chi connectivity index (χ2v) is 14.8. The molecule has 0 fully saturated rings. The van der Waals surface area contributed by atoms with E-state index < -0.39 is 5.66 Å². The number of pyridine rings is 2. The summed E-state index contributed by atoms with van der Waals surface area (Å²) in [6.07, 6.45) is 4.64. The molecule has 1 unspecified atom stereocenters. The van der Waals surface area contributed by atoms with E-state index in [9.17, 15) is 0 Å². The highest BCUT2D eigenvalue weighted by molar-refractivity contribution is 6.19. The molecule has 5 nitrogen and oxygen atoms in total. The van der Waals surface area contributed by atoms with Gasteiger partial charge in [-0.15, -0.1) is 0 Å². The van der Waals surface area contributed by atoms with Crippen molar-refractivity contribution in [2.45, 2.75) is 5.66 Å². The summed E-state index contributed by atoms with van der Waals surface area (Å²) >= 11 is 0. The summed E-state index contributed by atoms with van der Waals surface area (Å²) in [7, 11) is 0. The molecule has 15 rings (SSSR count). The van der Waals surface area contributed by atoms with E-state index in [-0.39, 0.29) is 0 Å². The number of benzene rings is 6. The minimum atomic E-state index is -0.799. The van der Waals surface area contributed by atoms with E-state index in [0.29, 0.717) is 0 Å². The summed E-state index contributed by atoms with van der Waals surface area (Å²) in [5.41, 5.74) is 17.6. The van der Waals surface area contributed by atoms with Crippen LogP contribution in [0.5, 0.6) is 11.5 Å². The van der Waals surface area contributed by atoms with Gasteiger partial charge >= 0.3 is 5.66 Å². The molecule has 5 aliphatic heterocycles. The third-order valence-electron chi connectivity index (χ3n) is 12.8. The van der Waals surface area contributed by atoms with Gasteiger partial charge in [0.1, 0.15) is 33.7 Å². The lowest BCUT2D eigenvalue weighted by molar-refractivity contribution is -0.961. The zero-order valence-electron chi connectivity index (χ0n) is 27.6. The predicted octanol–water partition coefficient (Wildman–Crippen LogP) is 9.78. The van der Waals surface area contributed by atoms with E-state index in [1.165, 1.54) is 111 Å². The Morgan fingerprint density at radius 3 is 1.75 bits per heavy atom. The largest absolute Gasteiger partial charge is 0.456 e. The molecule has 52 heavy (non-hydrogen) atoms. The van der Waals surface area contributed by atoms with Crippen LogP contribution in [0.3, 0.4) is 0 Å². The number of para-hydroxylation sites is 2. The van der Waals surface area contributed by atoms with Crippen molar-refractivity contribution in [1.82, 2.24) is 9.13 Å². The Morgan fingerprint density at radius 1 is 0.404 bits per heavy atom. The number of nitrogens with zero attached hydrogens (tertiary/aromatic N) is 4. The Balaban J connectivity index is 1.29. The van der Waals surface area contributed by atoms with Gasteiger partial charge < -0.3 is 4.74 Å². The van der Waals surface area contributed by atoms with Gasteiger partial charge in [-0.05, 0) is 82.9 Å². The first-order valence-electron chi connectivity index (χ1n) is 18.0. The summed E-state index contributed by atoms with van der Waals surface area (Å²) in [6.45, 7) is 0. The molecule has 0 N–H and O–H groups in total. The fourth-order valence-electron chi connectivity index (χ4n) is 11.1. The van der Waals surface area contributed by atoms with Crippen LogP contribution in [-0.4, -0.2) is 9.13 Å². The Bertz CT molecular complexity index is 3450. The quantitative estimate of drug-likeness (QED) is 0.149. The van der Waals surface area contributed by atoms with Crippen molar-refractivity contribution in [3.05, 3.63) is 157 Å². The second-order valence-electron chi connectivity index (χ2n) is 14.8. The first-order valence-corrected chi connectivity index (χ1v) is 18.0. The first kappa shape index (κ1) is 25.0. The van der Waals surface area contributed by atoms with Gasteiger partial charge in [0.2, 0.25) is 0 Å². The number of rotatable bonds is 0. The van der Waals surface area contributed by atoms with Crippen LogP contribution in [0.4, 0.5) is 0 Å². The lowest BCUT2D eigenvalue weighted by Gasteiger charge is -2.41. The summed E-state index contributed by atoms with van der Waals surface area (Å²) < 4.78 is 17.5. The van der Waals surface area contributed by atoms with Gasteiger partial charge in [0.15, 0.2) is 11.2 Å². The molecule has 4 aromatic heterocycles. The van der Waals surface area contributed by atoms with E-state index in [1.807, 2.05) is 0 Å². The van der Waals surface area contributed by atoms with Gasteiger partial charge in [0, 0.05) is 32.8 Å². The Morgan fingerprint density at radius 2 is 0.962 bits per heavy atom. The lowest BCUT2D eigenvalue weighted by Crippen LogP contribution is -2.78. The summed E-state index contributed by atoms with van der Waals surface area (Å²) in [4.78, 5) is 0. The van der Waals surface area contributed by atoms with Crippen LogP contribution >= 0.6 is 0 Å². The molecule has 0 aliphatic carbocycles. The number of ether oxygens (including phenoxy) is 1. The molecule has 0 radical (unpaired) electrons. The van der Waals surface area contributed by atoms with E-state index in [2.05, 4.69) is 164 Å². The van der Waals surface area contributed by atoms with Crippen LogP contribution in [0, 0.1) is 0 Å². The Hall–Kier alpha value is -6.98. The molecular formula is C47H24N4O+2. The fourth-order valence-corrected chi connectivity index (χ4v) is 11.1. The van der Waals surface area contributed by atoms with Crippen molar-refractivity contribution >= 4 is 43.7 Å². The van der Waals surface area contributed by atoms with Crippen LogP contribution in [0.1, 0.15) is 11.1 Å². The lowest BCUT2D eigenvalue weighted by atomic mass is 9.79. The third-order valence-corrected chi connectivity index (χ3v) is 12.8. The molecular weight excluding hydrogens is 637 g/mol. The van der Waals surface area contributed by atoms with Crippen molar-refractivity contribution in [3.63, 3.8) is 0 Å². The van der Waals surface area contributed by atoms with E-state index in [4.69, 9.17) is 4.74 Å². The molecule has 5 aliphatic rings. The predicted molar refractivity (Wildman–Crippen MR) is 202 cm³/mol. The van der Waals surface area contributed by atoms with Gasteiger partial charge in [0.25, 0.3) is 11.5 Å². The third kappa shape index (κ3) is 2.32. The van der Waals surface area contributed by atoms with E-state index in [1.54, 1.807) is 0 Å². The normalized spacial score (nSPS) is 16.7. The molecule has 6 aromatic carbocycles. The van der Waals surface area contributed by atoms with Crippen LogP contribution in [-0.2, 0) is 5.66 Å². The van der Waals surface area contributed by atoms with Crippen molar-refractivity contribution in [2.75, 3.05) is 0 Å². The fraction of sp³-hybridized carbons (Fsp3) is 0.0213. The SMILES string of the molecule is c1ccc2c(c1)-c1ccc[n+]3c1-n1c4c-2cccc4c2ccc4c(c21)C31c2c(ccc3c2-n2c5c(cccc5c5ccc[n+]1c52)-c1ccccc1-3)O4. The highest BCUT2D eigenvalue weighted by Crippen LogP contribution is 2.60. The van der Waals surface area contributed by atoms with Gasteiger partial charge in [0.05, 0.1) is 23.3 Å². The molecule has 9 heterocycles. The Kier molecular flexibility index (Phi) is 3.77. The van der Waals surface area contributed by atoms with Crippen molar-refractivity contribution in [3.8, 4) is 67.5 Å². The average Bonchev–Trinajstić information content (AvgIpc) is 3.64. The topological polar surface area (TPSA) is 26.8 Å². The highest BCUT2D eigenvalue weighted by Gasteiger charge is 2.65. The van der Waals surface area contributed by atoms with Crippen molar-refractivity contribution < 1.29 is 13.9 Å². The standard InChI is InChI=1S/C47H24N4O/c1-2-10-26-25(9-1)29-14-6-16-32-36-18-8-24-49-46(36)51(42(29)32)43-33(26)19-21-37-39(43)47(49)40-38(52-37)22-20-34-31-15-5-13-30-27-11-3-4-12-28(27)35-17-7-23-48(47)45(35)50(41(30)31)44(34)40/h1-24H/q+2. The number of aromatic nitrogens is 4. The summed E-state index contributed by atoms with van der Waals surface area (Å²) in [6, 6.07) is 49.7. The van der Waals surface area contributed by atoms with Gasteiger partial charge in [-0.25, -0.2) is 0 Å². The molecule has 0 saturated carbocycles. The smallest absolute Gasteiger partial charge is 0.321 e. The van der Waals surface area contributed by atoms with Crippen molar-refractivity contribution in [2.24, 2.45) is 0 Å². The molecule has 0 amide bonds. The minimum Gasteiger partial charge on any atom is -0.456 e. The summed E-state index contributed by atoms with van der Waals surface area (Å²) in [5, 5.41) is 5.01. The van der Waals surface area contributed by atoms with Crippen LogP contribution < -0.4 is 13.9 Å².